The molecule has 2 rings (SSSR count). The molecule has 2 saturated heterocycles. The SMILES string of the molecule is CCCCCCCCCCN1CCCN2CCCC2C1. The minimum Gasteiger partial charge on any atom is -0.302 e. The molecule has 2 heterocycles. The Balaban J connectivity index is 1.48. The molecule has 0 aromatic rings. The normalized spacial score (nSPS) is 24.8. The van der Waals surface area contributed by atoms with E-state index in [4.69, 9.17) is 0 Å². The van der Waals surface area contributed by atoms with Crippen LogP contribution in [0.25, 0.3) is 0 Å². The molecule has 20 heavy (non-hydrogen) atoms. The van der Waals surface area contributed by atoms with Crippen LogP contribution in [0.5, 0.6) is 0 Å². The molecule has 2 nitrogen and oxygen atoms in total. The highest BCUT2D eigenvalue weighted by atomic mass is 15.3. The van der Waals surface area contributed by atoms with Crippen LogP contribution in [-0.2, 0) is 0 Å². The molecule has 2 heteroatoms. The molecule has 0 radical (unpaired) electrons. The van der Waals surface area contributed by atoms with Gasteiger partial charge in [0.15, 0.2) is 0 Å². The fraction of sp³-hybridized carbons (Fsp3) is 1.00. The third-order valence-corrected chi connectivity index (χ3v) is 5.22. The Bertz CT molecular complexity index is 242. The largest absolute Gasteiger partial charge is 0.302 e. The summed E-state index contributed by atoms with van der Waals surface area (Å²) in [6.45, 7) is 9.10. The van der Waals surface area contributed by atoms with Crippen molar-refractivity contribution in [2.45, 2.75) is 83.6 Å². The van der Waals surface area contributed by atoms with E-state index in [2.05, 4.69) is 16.7 Å². The van der Waals surface area contributed by atoms with E-state index in [-0.39, 0.29) is 0 Å². The topological polar surface area (TPSA) is 6.48 Å². The van der Waals surface area contributed by atoms with Crippen LogP contribution in [0.1, 0.15) is 77.6 Å². The summed E-state index contributed by atoms with van der Waals surface area (Å²) in [7, 11) is 0. The van der Waals surface area contributed by atoms with Gasteiger partial charge < -0.3 is 4.90 Å². The third-order valence-electron chi connectivity index (χ3n) is 5.22. The molecule has 0 saturated carbocycles. The van der Waals surface area contributed by atoms with Crippen molar-refractivity contribution in [3.8, 4) is 0 Å². The minimum atomic E-state index is 0.895. The Kier molecular flexibility index (Phi) is 7.97. The number of hydrogen-bond acceptors (Lipinski definition) is 2. The summed E-state index contributed by atoms with van der Waals surface area (Å²) in [4.78, 5) is 5.50. The average Bonchev–Trinajstić information content (AvgIpc) is 2.80. The Morgan fingerprint density at radius 3 is 2.30 bits per heavy atom. The second-order valence-corrected chi connectivity index (χ2v) is 6.96. The fourth-order valence-electron chi connectivity index (χ4n) is 3.96. The lowest BCUT2D eigenvalue weighted by atomic mass is 10.1. The van der Waals surface area contributed by atoms with Gasteiger partial charge in [-0.15, -0.1) is 0 Å². The second kappa shape index (κ2) is 9.78. The molecule has 0 spiro atoms. The average molecular weight is 280 g/mol. The Morgan fingerprint density at radius 2 is 1.50 bits per heavy atom. The highest BCUT2D eigenvalue weighted by molar-refractivity contribution is 4.84. The van der Waals surface area contributed by atoms with Gasteiger partial charge in [0.1, 0.15) is 0 Å². The third kappa shape index (κ3) is 5.73. The van der Waals surface area contributed by atoms with Crippen LogP contribution in [0.15, 0.2) is 0 Å². The van der Waals surface area contributed by atoms with E-state index in [0.717, 1.165) is 6.04 Å². The maximum absolute atomic E-state index is 2.76. The molecular formula is C18H36N2. The van der Waals surface area contributed by atoms with Crippen molar-refractivity contribution in [2.24, 2.45) is 0 Å². The molecule has 0 bridgehead atoms. The quantitative estimate of drug-likeness (QED) is 0.581. The molecule has 0 aromatic heterocycles. The van der Waals surface area contributed by atoms with E-state index in [9.17, 15) is 0 Å². The zero-order valence-corrected chi connectivity index (χ0v) is 13.8. The van der Waals surface area contributed by atoms with Crippen LogP contribution >= 0.6 is 0 Å². The lowest BCUT2D eigenvalue weighted by Crippen LogP contribution is -2.36. The van der Waals surface area contributed by atoms with E-state index in [1.165, 1.54) is 103 Å². The van der Waals surface area contributed by atoms with Crippen LogP contribution in [0.2, 0.25) is 0 Å². The van der Waals surface area contributed by atoms with Gasteiger partial charge in [-0.25, -0.2) is 0 Å². The highest BCUT2D eigenvalue weighted by Crippen LogP contribution is 2.21. The molecule has 1 unspecified atom stereocenters. The van der Waals surface area contributed by atoms with Crippen molar-refractivity contribution >= 4 is 0 Å². The summed E-state index contributed by atoms with van der Waals surface area (Å²) >= 11 is 0. The highest BCUT2D eigenvalue weighted by Gasteiger charge is 2.28. The predicted octanol–water partition coefficient (Wildman–Crippen LogP) is 4.30. The van der Waals surface area contributed by atoms with Crippen LogP contribution in [0, 0.1) is 0 Å². The molecule has 0 aromatic carbocycles. The van der Waals surface area contributed by atoms with E-state index < -0.39 is 0 Å². The molecule has 0 N–H and O–H groups in total. The summed E-state index contributed by atoms with van der Waals surface area (Å²) in [5.41, 5.74) is 0. The van der Waals surface area contributed by atoms with Gasteiger partial charge in [0.2, 0.25) is 0 Å². The first-order valence-corrected chi connectivity index (χ1v) is 9.36. The van der Waals surface area contributed by atoms with Crippen molar-refractivity contribution < 1.29 is 0 Å². The van der Waals surface area contributed by atoms with Crippen LogP contribution in [0.3, 0.4) is 0 Å². The van der Waals surface area contributed by atoms with Gasteiger partial charge in [-0.1, -0.05) is 51.9 Å². The smallest absolute Gasteiger partial charge is 0.0223 e. The first kappa shape index (κ1) is 16.3. The Labute approximate surface area is 126 Å². The summed E-state index contributed by atoms with van der Waals surface area (Å²) in [5.74, 6) is 0. The minimum absolute atomic E-state index is 0.895. The number of hydrogen-bond donors (Lipinski definition) is 0. The van der Waals surface area contributed by atoms with E-state index in [1.807, 2.05) is 0 Å². The van der Waals surface area contributed by atoms with Crippen molar-refractivity contribution in [1.29, 1.82) is 0 Å². The van der Waals surface area contributed by atoms with Gasteiger partial charge in [-0.05, 0) is 51.9 Å². The second-order valence-electron chi connectivity index (χ2n) is 6.96. The summed E-state index contributed by atoms with van der Waals surface area (Å²) < 4.78 is 0. The molecule has 118 valence electrons. The van der Waals surface area contributed by atoms with Gasteiger partial charge in [0.25, 0.3) is 0 Å². The maximum Gasteiger partial charge on any atom is 0.0223 e. The van der Waals surface area contributed by atoms with Gasteiger partial charge >= 0.3 is 0 Å². The number of fused-ring (bicyclic) bond motifs is 1. The molecule has 0 amide bonds. The Morgan fingerprint density at radius 1 is 0.800 bits per heavy atom. The molecule has 0 aliphatic carbocycles. The first-order valence-electron chi connectivity index (χ1n) is 9.36. The van der Waals surface area contributed by atoms with Crippen molar-refractivity contribution in [2.75, 3.05) is 32.7 Å². The standard InChI is InChI=1S/C18H36N2/c1-2-3-4-5-6-7-8-9-13-19-14-11-16-20-15-10-12-18(20)17-19/h18H,2-17H2,1H3. The maximum atomic E-state index is 2.76. The molecular weight excluding hydrogens is 244 g/mol. The van der Waals surface area contributed by atoms with Crippen LogP contribution in [-0.4, -0.2) is 48.6 Å². The van der Waals surface area contributed by atoms with E-state index in [1.54, 1.807) is 0 Å². The molecule has 2 fully saturated rings. The summed E-state index contributed by atoms with van der Waals surface area (Å²) in [5, 5.41) is 0. The zero-order chi connectivity index (χ0) is 14.0. The number of unbranched alkanes of at least 4 members (excludes halogenated alkanes) is 7. The monoisotopic (exact) mass is 280 g/mol. The summed E-state index contributed by atoms with van der Waals surface area (Å²) in [6.07, 6.45) is 15.8. The lowest BCUT2D eigenvalue weighted by Gasteiger charge is -2.25. The van der Waals surface area contributed by atoms with E-state index >= 15 is 0 Å². The van der Waals surface area contributed by atoms with Crippen LogP contribution in [0.4, 0.5) is 0 Å². The van der Waals surface area contributed by atoms with Gasteiger partial charge in [-0.2, -0.15) is 0 Å². The molecule has 2 aliphatic rings. The lowest BCUT2D eigenvalue weighted by molar-refractivity contribution is 0.217. The molecule has 2 aliphatic heterocycles. The first-order chi connectivity index (χ1) is 9.90. The zero-order valence-electron chi connectivity index (χ0n) is 13.8. The van der Waals surface area contributed by atoms with Gasteiger partial charge in [0.05, 0.1) is 0 Å². The van der Waals surface area contributed by atoms with Crippen LogP contribution < -0.4 is 0 Å². The number of nitrogens with zero attached hydrogens (tertiary/aromatic N) is 2. The summed E-state index contributed by atoms with van der Waals surface area (Å²) in [6, 6.07) is 0.895. The van der Waals surface area contributed by atoms with E-state index in [0.29, 0.717) is 0 Å². The van der Waals surface area contributed by atoms with Crippen molar-refractivity contribution in [1.82, 2.24) is 9.80 Å². The van der Waals surface area contributed by atoms with Gasteiger partial charge in [0, 0.05) is 12.6 Å². The fourth-order valence-corrected chi connectivity index (χ4v) is 3.96. The Hall–Kier alpha value is -0.0800. The van der Waals surface area contributed by atoms with Crippen molar-refractivity contribution in [3.63, 3.8) is 0 Å². The molecule has 1 atom stereocenters. The number of rotatable bonds is 9. The predicted molar refractivity (Wildman–Crippen MR) is 88.3 cm³/mol. The van der Waals surface area contributed by atoms with Gasteiger partial charge in [-0.3, -0.25) is 4.90 Å². The van der Waals surface area contributed by atoms with Crippen molar-refractivity contribution in [3.05, 3.63) is 0 Å².